The van der Waals surface area contributed by atoms with E-state index in [9.17, 15) is 4.79 Å². The zero-order valence-electron chi connectivity index (χ0n) is 16.2. The Labute approximate surface area is 159 Å². The molecule has 1 aliphatic heterocycles. The van der Waals surface area contributed by atoms with Crippen LogP contribution >= 0.6 is 0 Å². The van der Waals surface area contributed by atoms with Crippen molar-refractivity contribution in [3.05, 3.63) is 41.0 Å². The van der Waals surface area contributed by atoms with Crippen LogP contribution in [0.3, 0.4) is 0 Å². The first-order valence-electron chi connectivity index (χ1n) is 9.07. The van der Waals surface area contributed by atoms with Crippen LogP contribution in [0.4, 0.5) is 5.82 Å². The van der Waals surface area contributed by atoms with Gasteiger partial charge in [-0.1, -0.05) is 6.07 Å². The molecule has 0 aromatic carbocycles. The summed E-state index contributed by atoms with van der Waals surface area (Å²) in [6, 6.07) is 6.09. The van der Waals surface area contributed by atoms with Gasteiger partial charge in [-0.2, -0.15) is 0 Å². The van der Waals surface area contributed by atoms with Gasteiger partial charge in [-0.15, -0.1) is 0 Å². The molecule has 8 heteroatoms. The minimum Gasteiger partial charge on any atom is -0.481 e. The minimum atomic E-state index is -0.266. The molecule has 27 heavy (non-hydrogen) atoms. The Kier molecular flexibility index (Phi) is 5.85. The molecule has 0 radical (unpaired) electrons. The Morgan fingerprint density at radius 3 is 2.85 bits per heavy atom. The third kappa shape index (κ3) is 4.33. The molecule has 144 valence electrons. The van der Waals surface area contributed by atoms with Crippen molar-refractivity contribution in [2.45, 2.75) is 32.9 Å². The molecule has 8 nitrogen and oxygen atoms in total. The number of aryl methyl sites for hydroxylation is 1. The van der Waals surface area contributed by atoms with Gasteiger partial charge in [0.05, 0.1) is 12.8 Å². The summed E-state index contributed by atoms with van der Waals surface area (Å²) in [5.41, 5.74) is 2.79. The largest absolute Gasteiger partial charge is 0.481 e. The van der Waals surface area contributed by atoms with E-state index in [0.29, 0.717) is 18.5 Å². The van der Waals surface area contributed by atoms with Crippen LogP contribution in [0.5, 0.6) is 5.88 Å². The number of carbonyl (C=O) groups excluding carboxylic acids is 1. The molecular weight excluding hydrogens is 344 g/mol. The first-order valence-corrected chi connectivity index (χ1v) is 9.07. The van der Waals surface area contributed by atoms with E-state index in [1.54, 1.807) is 14.2 Å². The molecule has 3 heterocycles. The maximum Gasteiger partial charge on any atom is 0.288 e. The number of pyridine rings is 1. The van der Waals surface area contributed by atoms with Crippen LogP contribution in [0, 0.1) is 13.8 Å². The van der Waals surface area contributed by atoms with E-state index in [1.165, 1.54) is 0 Å². The number of amides is 1. The molecule has 0 bridgehead atoms. The molecule has 0 spiro atoms. The van der Waals surface area contributed by atoms with Crippen LogP contribution in [-0.4, -0.2) is 54.1 Å². The molecule has 1 amide bonds. The molecule has 2 aromatic heterocycles. The highest BCUT2D eigenvalue weighted by molar-refractivity contribution is 5.90. The molecule has 0 aliphatic carbocycles. The van der Waals surface area contributed by atoms with E-state index in [1.807, 2.05) is 32.0 Å². The van der Waals surface area contributed by atoms with Crippen LogP contribution in [0.2, 0.25) is 0 Å². The summed E-state index contributed by atoms with van der Waals surface area (Å²) >= 11 is 0. The van der Waals surface area contributed by atoms with Crippen molar-refractivity contribution in [3.63, 3.8) is 0 Å². The molecule has 1 saturated heterocycles. The first kappa shape index (κ1) is 19.0. The minimum absolute atomic E-state index is 0.215. The van der Waals surface area contributed by atoms with Crippen molar-refractivity contribution in [3.8, 4) is 5.88 Å². The average Bonchev–Trinajstić information content (AvgIpc) is 3.16. The van der Waals surface area contributed by atoms with Gasteiger partial charge < -0.3 is 20.3 Å². The normalized spacial score (nSPS) is 16.4. The Balaban J connectivity index is 1.67. The molecule has 3 rings (SSSR count). The summed E-state index contributed by atoms with van der Waals surface area (Å²) in [4.78, 5) is 27.4. The molecule has 1 aliphatic rings. The summed E-state index contributed by atoms with van der Waals surface area (Å²) in [6.07, 6.45) is 1.00. The van der Waals surface area contributed by atoms with Gasteiger partial charge in [0.15, 0.2) is 0 Å². The fraction of sp³-hybridized carbons (Fsp3) is 0.474. The molecule has 2 aromatic rings. The van der Waals surface area contributed by atoms with Gasteiger partial charge in [-0.3, -0.25) is 4.79 Å². The van der Waals surface area contributed by atoms with Crippen molar-refractivity contribution >= 4 is 11.7 Å². The monoisotopic (exact) mass is 370 g/mol. The highest BCUT2D eigenvalue weighted by Crippen LogP contribution is 2.24. The number of hydrogen-bond donors (Lipinski definition) is 2. The van der Waals surface area contributed by atoms with Crippen molar-refractivity contribution in [2.24, 2.45) is 0 Å². The molecular formula is C19H26N6O2. The van der Waals surface area contributed by atoms with Crippen LogP contribution < -0.4 is 20.3 Å². The van der Waals surface area contributed by atoms with Gasteiger partial charge in [-0.25, -0.2) is 15.0 Å². The third-order valence-electron chi connectivity index (χ3n) is 4.84. The highest BCUT2D eigenvalue weighted by Gasteiger charge is 2.26. The van der Waals surface area contributed by atoms with Gasteiger partial charge in [0, 0.05) is 50.0 Å². The molecule has 1 atom stereocenters. The number of ether oxygens (including phenoxy) is 1. The zero-order valence-corrected chi connectivity index (χ0v) is 16.2. The van der Waals surface area contributed by atoms with Crippen molar-refractivity contribution in [1.82, 2.24) is 25.6 Å². The average molecular weight is 370 g/mol. The molecule has 2 N–H and O–H groups in total. The van der Waals surface area contributed by atoms with Gasteiger partial charge in [0.2, 0.25) is 11.7 Å². The standard InChI is InChI=1S/C19H26N6O2/c1-12-13(2)22-17(19(26)20-3)24-18(12)25-9-8-15(11-25)21-10-14-6-5-7-16(23-14)27-4/h5-7,15,21H,8-11H2,1-4H3,(H,20,26)/t15-/m1/s1. The second-order valence-corrected chi connectivity index (χ2v) is 6.64. The van der Waals surface area contributed by atoms with Crippen LogP contribution in [0.1, 0.15) is 34.0 Å². The molecule has 1 fully saturated rings. The predicted octanol–water partition coefficient (Wildman–Crippen LogP) is 1.23. The van der Waals surface area contributed by atoms with E-state index in [0.717, 1.165) is 42.3 Å². The quantitative estimate of drug-likeness (QED) is 0.790. The van der Waals surface area contributed by atoms with Gasteiger partial charge in [0.1, 0.15) is 5.82 Å². The number of anilines is 1. The van der Waals surface area contributed by atoms with Gasteiger partial charge in [0.25, 0.3) is 5.91 Å². The Morgan fingerprint density at radius 2 is 2.11 bits per heavy atom. The number of aromatic nitrogens is 3. The van der Waals surface area contributed by atoms with Crippen molar-refractivity contribution < 1.29 is 9.53 Å². The topological polar surface area (TPSA) is 92.3 Å². The zero-order chi connectivity index (χ0) is 19.4. The lowest BCUT2D eigenvalue weighted by atomic mass is 10.2. The van der Waals surface area contributed by atoms with Gasteiger partial charge >= 0.3 is 0 Å². The summed E-state index contributed by atoms with van der Waals surface area (Å²) in [5, 5.41) is 6.14. The summed E-state index contributed by atoms with van der Waals surface area (Å²) in [7, 11) is 3.20. The lowest BCUT2D eigenvalue weighted by molar-refractivity contribution is 0.0952. The number of rotatable bonds is 6. The molecule has 0 unspecified atom stereocenters. The summed E-state index contributed by atoms with van der Waals surface area (Å²) in [5.74, 6) is 1.41. The number of nitrogens with one attached hydrogen (secondary N) is 2. The highest BCUT2D eigenvalue weighted by atomic mass is 16.5. The second-order valence-electron chi connectivity index (χ2n) is 6.64. The summed E-state index contributed by atoms with van der Waals surface area (Å²) in [6.45, 7) is 6.30. The lowest BCUT2D eigenvalue weighted by Crippen LogP contribution is -2.33. The van der Waals surface area contributed by atoms with Crippen LogP contribution in [0.15, 0.2) is 18.2 Å². The Hall–Kier alpha value is -2.74. The predicted molar refractivity (Wildman–Crippen MR) is 103 cm³/mol. The van der Waals surface area contributed by atoms with E-state index >= 15 is 0 Å². The van der Waals surface area contributed by atoms with E-state index < -0.39 is 0 Å². The summed E-state index contributed by atoms with van der Waals surface area (Å²) < 4.78 is 5.17. The number of carbonyl (C=O) groups is 1. The van der Waals surface area contributed by atoms with E-state index in [4.69, 9.17) is 4.74 Å². The third-order valence-corrected chi connectivity index (χ3v) is 4.84. The van der Waals surface area contributed by atoms with Crippen molar-refractivity contribution in [2.75, 3.05) is 32.1 Å². The molecule has 0 saturated carbocycles. The van der Waals surface area contributed by atoms with E-state index in [-0.39, 0.29) is 11.7 Å². The fourth-order valence-electron chi connectivity index (χ4n) is 3.17. The maximum atomic E-state index is 11.9. The maximum absolute atomic E-state index is 11.9. The second kappa shape index (κ2) is 8.30. The Bertz CT molecular complexity index is 826. The fourth-order valence-corrected chi connectivity index (χ4v) is 3.17. The first-order chi connectivity index (χ1) is 13.0. The SMILES string of the molecule is CNC(=O)c1nc(C)c(C)c(N2CC[C@@H](NCc3cccc(OC)n3)C2)n1. The number of methoxy groups -OCH3 is 1. The lowest BCUT2D eigenvalue weighted by Gasteiger charge is -2.21. The van der Waals surface area contributed by atoms with E-state index in [2.05, 4.69) is 30.5 Å². The van der Waals surface area contributed by atoms with Crippen LogP contribution in [0.25, 0.3) is 0 Å². The van der Waals surface area contributed by atoms with Crippen molar-refractivity contribution in [1.29, 1.82) is 0 Å². The smallest absolute Gasteiger partial charge is 0.288 e. The Morgan fingerprint density at radius 1 is 1.30 bits per heavy atom. The number of nitrogens with zero attached hydrogens (tertiary/aromatic N) is 4. The number of hydrogen-bond acceptors (Lipinski definition) is 7. The van der Waals surface area contributed by atoms with Crippen LogP contribution in [-0.2, 0) is 6.54 Å². The van der Waals surface area contributed by atoms with Gasteiger partial charge in [-0.05, 0) is 26.3 Å².